The normalized spacial score (nSPS) is 11.8. The van der Waals surface area contributed by atoms with E-state index in [0.717, 1.165) is 17.8 Å². The minimum Gasteiger partial charge on any atom is -0.378 e. The van der Waals surface area contributed by atoms with Crippen LogP contribution in [0, 0.1) is 6.92 Å². The summed E-state index contributed by atoms with van der Waals surface area (Å²) in [6.45, 7) is 3.83. The first-order valence-electron chi connectivity index (χ1n) is 7.31. The van der Waals surface area contributed by atoms with E-state index in [9.17, 15) is 4.79 Å². The van der Waals surface area contributed by atoms with Gasteiger partial charge in [-0.25, -0.2) is 4.98 Å². The summed E-state index contributed by atoms with van der Waals surface area (Å²) >= 11 is 0. The third-order valence-corrected chi connectivity index (χ3v) is 3.39. The first-order chi connectivity index (χ1) is 10.5. The summed E-state index contributed by atoms with van der Waals surface area (Å²) in [6, 6.07) is 8.36. The number of aryl methyl sites for hydroxylation is 1. The molecule has 1 heterocycles. The van der Waals surface area contributed by atoms with Crippen LogP contribution in [0.1, 0.15) is 28.7 Å². The molecule has 0 bridgehead atoms. The predicted molar refractivity (Wildman–Crippen MR) is 88.2 cm³/mol. The highest BCUT2D eigenvalue weighted by atomic mass is 16.1. The SMILES string of the molecule is Cc1cnc(C(=O)N[C@H](C)Cc2ccc(N(C)C)cc2)cn1. The first kappa shape index (κ1) is 15.9. The zero-order valence-electron chi connectivity index (χ0n) is 13.5. The van der Waals surface area contributed by atoms with Gasteiger partial charge in [-0.15, -0.1) is 0 Å². The van der Waals surface area contributed by atoms with Crippen LogP contribution in [0.4, 0.5) is 5.69 Å². The summed E-state index contributed by atoms with van der Waals surface area (Å²) in [5, 5.41) is 2.95. The lowest BCUT2D eigenvalue weighted by Crippen LogP contribution is -2.34. The Labute approximate surface area is 131 Å². The number of carbonyl (C=O) groups excluding carboxylic acids is 1. The standard InChI is InChI=1S/C17H22N4O/c1-12(9-14-5-7-15(8-6-14)21(3)4)20-17(22)16-11-18-13(2)10-19-16/h5-8,10-12H,9H2,1-4H3,(H,20,22)/t12-/m1/s1. The van der Waals surface area contributed by atoms with E-state index in [1.54, 1.807) is 6.20 Å². The average Bonchev–Trinajstić information content (AvgIpc) is 2.48. The highest BCUT2D eigenvalue weighted by Gasteiger charge is 2.12. The van der Waals surface area contributed by atoms with Crippen molar-refractivity contribution in [2.45, 2.75) is 26.3 Å². The van der Waals surface area contributed by atoms with Crippen LogP contribution in [-0.2, 0) is 6.42 Å². The van der Waals surface area contributed by atoms with Crippen molar-refractivity contribution in [1.82, 2.24) is 15.3 Å². The van der Waals surface area contributed by atoms with Crippen LogP contribution < -0.4 is 10.2 Å². The Hall–Kier alpha value is -2.43. The van der Waals surface area contributed by atoms with E-state index in [4.69, 9.17) is 0 Å². The highest BCUT2D eigenvalue weighted by molar-refractivity contribution is 5.92. The van der Waals surface area contributed by atoms with E-state index in [2.05, 4.69) is 44.5 Å². The van der Waals surface area contributed by atoms with E-state index in [-0.39, 0.29) is 11.9 Å². The van der Waals surface area contributed by atoms with Crippen LogP contribution in [-0.4, -0.2) is 36.0 Å². The summed E-state index contributed by atoms with van der Waals surface area (Å²) in [5.41, 5.74) is 3.50. The van der Waals surface area contributed by atoms with Crippen LogP contribution in [0.5, 0.6) is 0 Å². The van der Waals surface area contributed by atoms with Crippen molar-refractivity contribution in [2.75, 3.05) is 19.0 Å². The number of hydrogen-bond acceptors (Lipinski definition) is 4. The molecule has 0 unspecified atom stereocenters. The van der Waals surface area contributed by atoms with E-state index in [1.165, 1.54) is 11.8 Å². The maximum Gasteiger partial charge on any atom is 0.271 e. The highest BCUT2D eigenvalue weighted by Crippen LogP contribution is 2.13. The Bertz CT molecular complexity index is 620. The molecule has 1 aromatic carbocycles. The number of rotatable bonds is 5. The number of anilines is 1. The van der Waals surface area contributed by atoms with Crippen molar-refractivity contribution in [3.8, 4) is 0 Å². The smallest absolute Gasteiger partial charge is 0.271 e. The Morgan fingerprint density at radius 2 is 1.86 bits per heavy atom. The predicted octanol–water partition coefficient (Wildman–Crippen LogP) is 2.21. The van der Waals surface area contributed by atoms with Gasteiger partial charge in [0.1, 0.15) is 5.69 Å². The molecule has 0 saturated carbocycles. The molecular weight excluding hydrogens is 276 g/mol. The van der Waals surface area contributed by atoms with Crippen molar-refractivity contribution in [2.24, 2.45) is 0 Å². The zero-order valence-corrected chi connectivity index (χ0v) is 13.5. The lowest BCUT2D eigenvalue weighted by molar-refractivity contribution is 0.0934. The molecule has 0 radical (unpaired) electrons. The van der Waals surface area contributed by atoms with Gasteiger partial charge in [-0.3, -0.25) is 9.78 Å². The Morgan fingerprint density at radius 1 is 1.18 bits per heavy atom. The summed E-state index contributed by atoms with van der Waals surface area (Å²) in [6.07, 6.45) is 3.88. The van der Waals surface area contributed by atoms with Crippen LogP contribution in [0.15, 0.2) is 36.7 Å². The molecule has 22 heavy (non-hydrogen) atoms. The van der Waals surface area contributed by atoms with E-state index in [0.29, 0.717) is 5.69 Å². The molecule has 5 heteroatoms. The van der Waals surface area contributed by atoms with Gasteiger partial charge in [-0.2, -0.15) is 0 Å². The van der Waals surface area contributed by atoms with E-state index < -0.39 is 0 Å². The summed E-state index contributed by atoms with van der Waals surface area (Å²) in [5.74, 6) is -0.190. The van der Waals surface area contributed by atoms with Crippen molar-refractivity contribution >= 4 is 11.6 Å². The van der Waals surface area contributed by atoms with Crippen LogP contribution in [0.3, 0.4) is 0 Å². The van der Waals surface area contributed by atoms with Gasteiger partial charge in [-0.1, -0.05) is 12.1 Å². The summed E-state index contributed by atoms with van der Waals surface area (Å²) < 4.78 is 0. The first-order valence-corrected chi connectivity index (χ1v) is 7.31. The molecule has 0 fully saturated rings. The number of benzene rings is 1. The monoisotopic (exact) mass is 298 g/mol. The number of aromatic nitrogens is 2. The van der Waals surface area contributed by atoms with Gasteiger partial charge in [-0.05, 0) is 38.0 Å². The Morgan fingerprint density at radius 3 is 2.41 bits per heavy atom. The van der Waals surface area contributed by atoms with Crippen molar-refractivity contribution in [3.05, 3.63) is 53.6 Å². The van der Waals surface area contributed by atoms with E-state index in [1.807, 2.05) is 27.9 Å². The molecule has 5 nitrogen and oxygen atoms in total. The van der Waals surface area contributed by atoms with Crippen molar-refractivity contribution in [1.29, 1.82) is 0 Å². The van der Waals surface area contributed by atoms with Crippen molar-refractivity contribution < 1.29 is 4.79 Å². The number of carbonyl (C=O) groups is 1. The molecule has 0 saturated heterocycles. The number of nitrogens with zero attached hydrogens (tertiary/aromatic N) is 3. The third-order valence-electron chi connectivity index (χ3n) is 3.39. The second-order valence-electron chi connectivity index (χ2n) is 5.68. The average molecular weight is 298 g/mol. The van der Waals surface area contributed by atoms with Crippen molar-refractivity contribution in [3.63, 3.8) is 0 Å². The van der Waals surface area contributed by atoms with Crippen LogP contribution >= 0.6 is 0 Å². The van der Waals surface area contributed by atoms with Gasteiger partial charge in [0.15, 0.2) is 0 Å². The van der Waals surface area contributed by atoms with Gasteiger partial charge in [0.05, 0.1) is 11.9 Å². The molecule has 1 amide bonds. The number of hydrogen-bond donors (Lipinski definition) is 1. The van der Waals surface area contributed by atoms with Gasteiger partial charge in [0.25, 0.3) is 5.91 Å². The molecule has 0 spiro atoms. The van der Waals surface area contributed by atoms with Gasteiger partial charge >= 0.3 is 0 Å². The van der Waals surface area contributed by atoms with Gasteiger partial charge in [0, 0.05) is 32.0 Å². The maximum absolute atomic E-state index is 12.1. The molecule has 1 aromatic heterocycles. The molecule has 2 rings (SSSR count). The number of nitrogens with one attached hydrogen (secondary N) is 1. The topological polar surface area (TPSA) is 58.1 Å². The second kappa shape index (κ2) is 7.02. The maximum atomic E-state index is 12.1. The fourth-order valence-electron chi connectivity index (χ4n) is 2.14. The molecule has 1 N–H and O–H groups in total. The Balaban J connectivity index is 1.93. The zero-order chi connectivity index (χ0) is 16.1. The molecule has 116 valence electrons. The molecule has 0 aliphatic carbocycles. The molecule has 2 aromatic rings. The fraction of sp³-hybridized carbons (Fsp3) is 0.353. The third kappa shape index (κ3) is 4.28. The summed E-state index contributed by atoms with van der Waals surface area (Å²) in [7, 11) is 4.03. The summed E-state index contributed by atoms with van der Waals surface area (Å²) in [4.78, 5) is 22.3. The number of amides is 1. The second-order valence-corrected chi connectivity index (χ2v) is 5.68. The Kier molecular flexibility index (Phi) is 5.09. The molecular formula is C17H22N4O. The minimum atomic E-state index is -0.190. The lowest BCUT2D eigenvalue weighted by Gasteiger charge is -2.16. The molecule has 0 aliphatic rings. The van der Waals surface area contributed by atoms with E-state index >= 15 is 0 Å². The van der Waals surface area contributed by atoms with Gasteiger partial charge < -0.3 is 10.2 Å². The molecule has 1 atom stereocenters. The minimum absolute atomic E-state index is 0.0285. The fourth-order valence-corrected chi connectivity index (χ4v) is 2.14. The van der Waals surface area contributed by atoms with Gasteiger partial charge in [0.2, 0.25) is 0 Å². The van der Waals surface area contributed by atoms with Crippen LogP contribution in [0.2, 0.25) is 0 Å². The molecule has 0 aliphatic heterocycles. The lowest BCUT2D eigenvalue weighted by atomic mass is 10.1. The largest absolute Gasteiger partial charge is 0.378 e. The quantitative estimate of drug-likeness (QED) is 0.919. The van der Waals surface area contributed by atoms with Crippen LogP contribution in [0.25, 0.3) is 0 Å².